The van der Waals surface area contributed by atoms with Gasteiger partial charge in [0.05, 0.1) is 0 Å². The number of aryl methyl sites for hydroxylation is 1. The van der Waals surface area contributed by atoms with Gasteiger partial charge >= 0.3 is 0 Å². The molecule has 0 heterocycles. The Balaban J connectivity index is 2.24. The van der Waals surface area contributed by atoms with Crippen LogP contribution in [0.1, 0.15) is 11.1 Å². The number of anilines is 1. The molecule has 0 spiro atoms. The van der Waals surface area contributed by atoms with Crippen LogP contribution in [0.3, 0.4) is 0 Å². The van der Waals surface area contributed by atoms with E-state index >= 15 is 0 Å². The Morgan fingerprint density at radius 2 is 1.62 bits per heavy atom. The largest absolute Gasteiger partial charge is 0.398 e. The van der Waals surface area contributed by atoms with Gasteiger partial charge in [0.15, 0.2) is 0 Å². The van der Waals surface area contributed by atoms with Gasteiger partial charge in [-0.2, -0.15) is 0 Å². The van der Waals surface area contributed by atoms with Crippen molar-refractivity contribution in [2.75, 3.05) is 5.73 Å². The van der Waals surface area contributed by atoms with Crippen molar-refractivity contribution in [3.8, 4) is 11.1 Å². The molecule has 4 aromatic carbocycles. The third-order valence-electron chi connectivity index (χ3n) is 4.93. The van der Waals surface area contributed by atoms with Crippen LogP contribution in [0.25, 0.3) is 38.7 Å². The standard InChI is InChI=1S/C25H21N/c1-3-4-10-19-17(2)14-15-22-20-11-6-5-9-18(20)16-23(25(19)22)21-12-7-8-13-24(21)26/h3-16H,1,26H2,2H3/b10-4-. The third kappa shape index (κ3) is 2.58. The van der Waals surface area contributed by atoms with Crippen LogP contribution in [0.4, 0.5) is 5.69 Å². The first-order valence-electron chi connectivity index (χ1n) is 8.79. The van der Waals surface area contributed by atoms with Gasteiger partial charge < -0.3 is 5.73 Å². The van der Waals surface area contributed by atoms with Crippen LogP contribution in [0.5, 0.6) is 0 Å². The van der Waals surface area contributed by atoms with E-state index in [4.69, 9.17) is 5.73 Å². The van der Waals surface area contributed by atoms with E-state index in [1.54, 1.807) is 0 Å². The molecule has 0 fully saturated rings. The number of hydrogen-bond donors (Lipinski definition) is 1. The summed E-state index contributed by atoms with van der Waals surface area (Å²) < 4.78 is 0. The number of rotatable bonds is 3. The Hall–Kier alpha value is -3.32. The van der Waals surface area contributed by atoms with Gasteiger partial charge in [-0.15, -0.1) is 0 Å². The second-order valence-corrected chi connectivity index (χ2v) is 6.55. The summed E-state index contributed by atoms with van der Waals surface area (Å²) in [6.07, 6.45) is 5.95. The maximum atomic E-state index is 6.34. The zero-order chi connectivity index (χ0) is 18.1. The number of benzene rings is 4. The molecule has 4 aromatic rings. The van der Waals surface area contributed by atoms with E-state index in [-0.39, 0.29) is 0 Å². The Morgan fingerprint density at radius 1 is 0.846 bits per heavy atom. The average molecular weight is 335 g/mol. The molecule has 0 aliphatic rings. The van der Waals surface area contributed by atoms with Crippen molar-refractivity contribution < 1.29 is 0 Å². The van der Waals surface area contributed by atoms with Gasteiger partial charge in [0.25, 0.3) is 0 Å². The molecular weight excluding hydrogens is 314 g/mol. The van der Waals surface area contributed by atoms with Gasteiger partial charge in [0, 0.05) is 11.3 Å². The van der Waals surface area contributed by atoms with Gasteiger partial charge in [-0.3, -0.25) is 0 Å². The van der Waals surface area contributed by atoms with Crippen molar-refractivity contribution in [2.24, 2.45) is 0 Å². The van der Waals surface area contributed by atoms with Crippen LogP contribution >= 0.6 is 0 Å². The molecule has 0 bridgehead atoms. The monoisotopic (exact) mass is 335 g/mol. The quantitative estimate of drug-likeness (QED) is 0.250. The summed E-state index contributed by atoms with van der Waals surface area (Å²) in [4.78, 5) is 0. The maximum Gasteiger partial charge on any atom is 0.0393 e. The minimum atomic E-state index is 0.796. The zero-order valence-electron chi connectivity index (χ0n) is 14.9. The van der Waals surface area contributed by atoms with Gasteiger partial charge in [0.2, 0.25) is 0 Å². The molecule has 0 amide bonds. The minimum absolute atomic E-state index is 0.796. The molecular formula is C25H21N. The first-order chi connectivity index (χ1) is 12.7. The fourth-order valence-corrected chi connectivity index (χ4v) is 3.67. The van der Waals surface area contributed by atoms with E-state index in [0.717, 1.165) is 11.3 Å². The highest BCUT2D eigenvalue weighted by molar-refractivity contribution is 6.17. The number of para-hydroxylation sites is 1. The van der Waals surface area contributed by atoms with Gasteiger partial charge in [-0.25, -0.2) is 0 Å². The molecule has 26 heavy (non-hydrogen) atoms. The molecule has 0 radical (unpaired) electrons. The molecule has 0 atom stereocenters. The smallest absolute Gasteiger partial charge is 0.0393 e. The summed E-state index contributed by atoms with van der Waals surface area (Å²) in [6.45, 7) is 5.97. The Bertz CT molecular complexity index is 1170. The molecule has 0 aliphatic heterocycles. The third-order valence-corrected chi connectivity index (χ3v) is 4.93. The van der Waals surface area contributed by atoms with Gasteiger partial charge in [0.1, 0.15) is 0 Å². The second-order valence-electron chi connectivity index (χ2n) is 6.55. The predicted octanol–water partition coefficient (Wildman–Crippen LogP) is 6.75. The summed E-state index contributed by atoms with van der Waals surface area (Å²) in [7, 11) is 0. The van der Waals surface area contributed by atoms with Crippen molar-refractivity contribution in [3.05, 3.63) is 96.6 Å². The van der Waals surface area contributed by atoms with E-state index < -0.39 is 0 Å². The van der Waals surface area contributed by atoms with Crippen molar-refractivity contribution >= 4 is 33.3 Å². The Kier molecular flexibility index (Phi) is 4.06. The summed E-state index contributed by atoms with van der Waals surface area (Å²) >= 11 is 0. The van der Waals surface area contributed by atoms with Crippen molar-refractivity contribution in [2.45, 2.75) is 6.92 Å². The molecule has 0 aromatic heterocycles. The highest BCUT2D eigenvalue weighted by atomic mass is 14.6. The normalized spacial score (nSPS) is 11.4. The average Bonchev–Trinajstić information content (AvgIpc) is 2.67. The fraction of sp³-hybridized carbons (Fsp3) is 0.0400. The number of nitrogen functional groups attached to an aromatic ring is 1. The Labute approximate surface area is 154 Å². The van der Waals surface area contributed by atoms with Crippen molar-refractivity contribution in [3.63, 3.8) is 0 Å². The lowest BCUT2D eigenvalue weighted by molar-refractivity contribution is 1.48. The fourth-order valence-electron chi connectivity index (χ4n) is 3.67. The van der Waals surface area contributed by atoms with Crippen LogP contribution in [-0.2, 0) is 0 Å². The van der Waals surface area contributed by atoms with Crippen LogP contribution in [0.15, 0.2) is 85.5 Å². The van der Waals surface area contributed by atoms with Crippen LogP contribution in [-0.4, -0.2) is 0 Å². The maximum absolute atomic E-state index is 6.34. The van der Waals surface area contributed by atoms with E-state index in [1.807, 2.05) is 30.4 Å². The summed E-state index contributed by atoms with van der Waals surface area (Å²) in [5.41, 5.74) is 11.8. The van der Waals surface area contributed by atoms with E-state index in [9.17, 15) is 0 Å². The minimum Gasteiger partial charge on any atom is -0.398 e. The molecule has 0 aliphatic carbocycles. The summed E-state index contributed by atoms with van der Waals surface area (Å²) in [6, 6.07) is 23.3. The lowest BCUT2D eigenvalue weighted by atomic mass is 9.88. The molecule has 0 saturated carbocycles. The molecule has 0 saturated heterocycles. The number of fused-ring (bicyclic) bond motifs is 3. The summed E-state index contributed by atoms with van der Waals surface area (Å²) in [5.74, 6) is 0. The van der Waals surface area contributed by atoms with Crippen molar-refractivity contribution in [1.29, 1.82) is 0 Å². The second kappa shape index (κ2) is 6.53. The Morgan fingerprint density at radius 3 is 2.42 bits per heavy atom. The molecule has 4 rings (SSSR count). The van der Waals surface area contributed by atoms with Crippen molar-refractivity contribution in [1.82, 2.24) is 0 Å². The molecule has 2 N–H and O–H groups in total. The van der Waals surface area contributed by atoms with Gasteiger partial charge in [-0.1, -0.05) is 79.4 Å². The number of nitrogens with two attached hydrogens (primary N) is 1. The predicted molar refractivity (Wildman–Crippen MR) is 115 cm³/mol. The highest BCUT2D eigenvalue weighted by Gasteiger charge is 2.14. The van der Waals surface area contributed by atoms with Crippen LogP contribution < -0.4 is 5.73 Å². The number of allylic oxidation sites excluding steroid dienone is 2. The summed E-state index contributed by atoms with van der Waals surface area (Å²) in [5, 5.41) is 4.96. The molecule has 0 unspecified atom stereocenters. The first kappa shape index (κ1) is 16.2. The molecule has 1 heteroatoms. The van der Waals surface area contributed by atoms with Crippen LogP contribution in [0, 0.1) is 6.92 Å². The lowest BCUT2D eigenvalue weighted by Gasteiger charge is -2.16. The van der Waals surface area contributed by atoms with Gasteiger partial charge in [-0.05, 0) is 57.3 Å². The van der Waals surface area contributed by atoms with E-state index in [2.05, 4.69) is 68.1 Å². The van der Waals surface area contributed by atoms with E-state index in [1.165, 1.54) is 38.2 Å². The van der Waals surface area contributed by atoms with Crippen LogP contribution in [0.2, 0.25) is 0 Å². The van der Waals surface area contributed by atoms with E-state index in [0.29, 0.717) is 0 Å². The molecule has 126 valence electrons. The highest BCUT2D eigenvalue weighted by Crippen LogP contribution is 2.40. The zero-order valence-corrected chi connectivity index (χ0v) is 14.9. The topological polar surface area (TPSA) is 26.0 Å². The molecule has 1 nitrogen and oxygen atoms in total. The SMILES string of the molecule is C=C/C=C\c1c(C)ccc2c1c(-c1ccccc1N)cc1ccccc12. The first-order valence-corrected chi connectivity index (χ1v) is 8.79. The lowest BCUT2D eigenvalue weighted by Crippen LogP contribution is -1.94. The number of hydrogen-bond acceptors (Lipinski definition) is 1.